The van der Waals surface area contributed by atoms with Crippen molar-refractivity contribution in [3.8, 4) is 0 Å². The molecule has 0 bridgehead atoms. The standard InChI is InChI=1S/C22H29ClN6S/c1-16-19(17(2)28(24-16)13-18-9-6-7-10-20(18)23)14-26(3)15-29-22(30)27-12-8-4-5-11-21(27)25-29/h6-7,9-10H,4-5,8,11-15H2,1-3H3. The van der Waals surface area contributed by atoms with E-state index in [-0.39, 0.29) is 0 Å². The fourth-order valence-electron chi connectivity index (χ4n) is 4.17. The second-order valence-electron chi connectivity index (χ2n) is 8.21. The van der Waals surface area contributed by atoms with Gasteiger partial charge >= 0.3 is 0 Å². The summed E-state index contributed by atoms with van der Waals surface area (Å²) in [6.07, 6.45) is 4.67. The molecular weight excluding hydrogens is 416 g/mol. The Kier molecular flexibility index (Phi) is 6.41. The van der Waals surface area contributed by atoms with Crippen LogP contribution in [0.2, 0.25) is 5.02 Å². The highest BCUT2D eigenvalue weighted by atomic mass is 35.5. The number of halogens is 1. The van der Waals surface area contributed by atoms with E-state index in [9.17, 15) is 0 Å². The van der Waals surface area contributed by atoms with Crippen LogP contribution in [0, 0.1) is 18.6 Å². The van der Waals surface area contributed by atoms with Crippen LogP contribution in [0.25, 0.3) is 0 Å². The van der Waals surface area contributed by atoms with Crippen LogP contribution in [-0.2, 0) is 32.7 Å². The molecule has 0 aliphatic carbocycles. The molecule has 4 rings (SSSR count). The summed E-state index contributed by atoms with van der Waals surface area (Å²) in [6, 6.07) is 7.94. The monoisotopic (exact) mass is 444 g/mol. The summed E-state index contributed by atoms with van der Waals surface area (Å²) in [4.78, 5) is 2.25. The fourth-order valence-corrected chi connectivity index (χ4v) is 4.66. The minimum atomic E-state index is 0.674. The molecule has 1 aliphatic heterocycles. The molecule has 0 saturated carbocycles. The van der Waals surface area contributed by atoms with Crippen LogP contribution in [0.4, 0.5) is 0 Å². The van der Waals surface area contributed by atoms with Gasteiger partial charge in [-0.2, -0.15) is 10.2 Å². The van der Waals surface area contributed by atoms with Crippen molar-refractivity contribution < 1.29 is 0 Å². The van der Waals surface area contributed by atoms with Crippen molar-refractivity contribution in [1.82, 2.24) is 29.0 Å². The Balaban J connectivity index is 1.49. The van der Waals surface area contributed by atoms with E-state index < -0.39 is 0 Å². The van der Waals surface area contributed by atoms with Crippen LogP contribution in [0.15, 0.2) is 24.3 Å². The minimum absolute atomic E-state index is 0.674. The van der Waals surface area contributed by atoms with Gasteiger partial charge in [-0.3, -0.25) is 9.58 Å². The van der Waals surface area contributed by atoms with Gasteiger partial charge in [0.05, 0.1) is 18.9 Å². The average molecular weight is 445 g/mol. The van der Waals surface area contributed by atoms with Gasteiger partial charge in [-0.05, 0) is 57.6 Å². The molecule has 30 heavy (non-hydrogen) atoms. The Morgan fingerprint density at radius 1 is 1.10 bits per heavy atom. The van der Waals surface area contributed by atoms with Gasteiger partial charge in [0, 0.05) is 35.8 Å². The summed E-state index contributed by atoms with van der Waals surface area (Å²) in [5.41, 5.74) is 4.55. The number of hydrogen-bond acceptors (Lipinski definition) is 4. The quantitative estimate of drug-likeness (QED) is 0.515. The first-order valence-corrected chi connectivity index (χ1v) is 11.3. The van der Waals surface area contributed by atoms with Crippen molar-refractivity contribution in [1.29, 1.82) is 0 Å². The Morgan fingerprint density at radius 2 is 1.90 bits per heavy atom. The zero-order valence-corrected chi connectivity index (χ0v) is 19.5. The summed E-state index contributed by atoms with van der Waals surface area (Å²) >= 11 is 12.0. The van der Waals surface area contributed by atoms with E-state index in [2.05, 4.69) is 36.4 Å². The highest BCUT2D eigenvalue weighted by molar-refractivity contribution is 7.71. The van der Waals surface area contributed by atoms with Gasteiger partial charge in [-0.15, -0.1) is 0 Å². The van der Waals surface area contributed by atoms with Crippen molar-refractivity contribution in [3.05, 3.63) is 62.4 Å². The fraction of sp³-hybridized carbons (Fsp3) is 0.500. The van der Waals surface area contributed by atoms with Gasteiger partial charge in [-0.1, -0.05) is 36.2 Å². The summed E-state index contributed by atoms with van der Waals surface area (Å²) in [7, 11) is 2.11. The first kappa shape index (κ1) is 21.3. The van der Waals surface area contributed by atoms with Crippen molar-refractivity contribution in [2.75, 3.05) is 7.05 Å². The van der Waals surface area contributed by atoms with E-state index in [4.69, 9.17) is 34.0 Å². The molecule has 1 aromatic carbocycles. The van der Waals surface area contributed by atoms with Crippen molar-refractivity contribution in [2.45, 2.75) is 65.8 Å². The third-order valence-corrected chi connectivity index (χ3v) is 6.69. The molecule has 0 amide bonds. The number of hydrogen-bond donors (Lipinski definition) is 0. The highest BCUT2D eigenvalue weighted by Gasteiger charge is 2.17. The van der Waals surface area contributed by atoms with E-state index >= 15 is 0 Å². The van der Waals surface area contributed by atoms with Crippen molar-refractivity contribution in [3.63, 3.8) is 0 Å². The van der Waals surface area contributed by atoms with Gasteiger partial charge in [0.2, 0.25) is 0 Å². The molecule has 0 fully saturated rings. The molecule has 2 aromatic heterocycles. The van der Waals surface area contributed by atoms with Crippen LogP contribution in [0.5, 0.6) is 0 Å². The molecule has 6 nitrogen and oxygen atoms in total. The maximum Gasteiger partial charge on any atom is 0.199 e. The maximum absolute atomic E-state index is 6.34. The highest BCUT2D eigenvalue weighted by Crippen LogP contribution is 2.21. The molecule has 0 spiro atoms. The van der Waals surface area contributed by atoms with E-state index in [1.807, 2.05) is 27.6 Å². The van der Waals surface area contributed by atoms with E-state index in [1.54, 1.807) is 0 Å². The average Bonchev–Trinajstić information content (AvgIpc) is 3.02. The van der Waals surface area contributed by atoms with Crippen molar-refractivity contribution in [2.24, 2.45) is 0 Å². The van der Waals surface area contributed by atoms with Gasteiger partial charge in [-0.25, -0.2) is 4.68 Å². The van der Waals surface area contributed by atoms with Gasteiger partial charge in [0.25, 0.3) is 0 Å². The van der Waals surface area contributed by atoms with Gasteiger partial charge < -0.3 is 4.57 Å². The van der Waals surface area contributed by atoms with E-state index in [0.717, 1.165) is 46.4 Å². The number of fused-ring (bicyclic) bond motifs is 1. The second kappa shape index (κ2) is 9.04. The molecule has 0 saturated heterocycles. The molecule has 0 N–H and O–H groups in total. The topological polar surface area (TPSA) is 43.8 Å². The SMILES string of the molecule is Cc1nn(Cc2ccccc2Cl)c(C)c1CN(C)Cn1nc2n(c1=S)CCCCC2. The normalized spacial score (nSPS) is 14.2. The molecule has 0 unspecified atom stereocenters. The summed E-state index contributed by atoms with van der Waals surface area (Å²) < 4.78 is 7.06. The van der Waals surface area contributed by atoms with Crippen LogP contribution >= 0.6 is 23.8 Å². The summed E-state index contributed by atoms with van der Waals surface area (Å²) in [6.45, 7) is 7.34. The van der Waals surface area contributed by atoms with E-state index in [0.29, 0.717) is 13.2 Å². The van der Waals surface area contributed by atoms with Crippen LogP contribution in [0.3, 0.4) is 0 Å². The Labute approximate surface area is 188 Å². The predicted molar refractivity (Wildman–Crippen MR) is 122 cm³/mol. The maximum atomic E-state index is 6.34. The molecule has 0 radical (unpaired) electrons. The van der Waals surface area contributed by atoms with Crippen LogP contribution in [0.1, 0.15) is 47.6 Å². The summed E-state index contributed by atoms with van der Waals surface area (Å²) in [5, 5.41) is 10.4. The molecule has 0 atom stereocenters. The predicted octanol–water partition coefficient (Wildman–Crippen LogP) is 4.75. The zero-order chi connectivity index (χ0) is 21.3. The molecule has 8 heteroatoms. The Hall–Kier alpha value is -1.96. The Bertz CT molecular complexity index is 1100. The lowest BCUT2D eigenvalue weighted by Crippen LogP contribution is -2.23. The third-order valence-electron chi connectivity index (χ3n) is 5.89. The smallest absolute Gasteiger partial charge is 0.199 e. The lowest BCUT2D eigenvalue weighted by Gasteiger charge is -2.17. The lowest BCUT2D eigenvalue weighted by atomic mass is 10.2. The lowest BCUT2D eigenvalue weighted by molar-refractivity contribution is 0.242. The first-order chi connectivity index (χ1) is 14.4. The largest absolute Gasteiger partial charge is 0.304 e. The molecule has 3 heterocycles. The Morgan fingerprint density at radius 3 is 2.70 bits per heavy atom. The van der Waals surface area contributed by atoms with Crippen molar-refractivity contribution >= 4 is 23.8 Å². The van der Waals surface area contributed by atoms with Crippen LogP contribution in [-0.4, -0.2) is 36.1 Å². The molecule has 3 aromatic rings. The number of aryl methyl sites for hydroxylation is 2. The number of nitrogens with zero attached hydrogens (tertiary/aromatic N) is 6. The minimum Gasteiger partial charge on any atom is -0.304 e. The summed E-state index contributed by atoms with van der Waals surface area (Å²) in [5.74, 6) is 1.13. The zero-order valence-electron chi connectivity index (χ0n) is 17.9. The second-order valence-corrected chi connectivity index (χ2v) is 8.99. The molecule has 1 aliphatic rings. The van der Waals surface area contributed by atoms with Gasteiger partial charge in [0.15, 0.2) is 4.77 Å². The van der Waals surface area contributed by atoms with E-state index in [1.165, 1.54) is 30.5 Å². The van der Waals surface area contributed by atoms with Gasteiger partial charge in [0.1, 0.15) is 5.82 Å². The third kappa shape index (κ3) is 4.38. The number of rotatable bonds is 6. The number of benzene rings is 1. The molecule has 160 valence electrons. The first-order valence-electron chi connectivity index (χ1n) is 10.6. The van der Waals surface area contributed by atoms with Crippen LogP contribution < -0.4 is 0 Å². The molecular formula is C22H29ClN6S. The number of aromatic nitrogens is 5.